The van der Waals surface area contributed by atoms with Crippen molar-refractivity contribution in [1.29, 1.82) is 0 Å². The molecule has 170 valence electrons. The molecule has 0 spiro atoms. The van der Waals surface area contributed by atoms with Crippen LogP contribution in [-0.4, -0.2) is 45.3 Å². The van der Waals surface area contributed by atoms with Crippen LogP contribution in [0.4, 0.5) is 8.78 Å². The van der Waals surface area contributed by atoms with Gasteiger partial charge < -0.3 is 24.6 Å². The summed E-state index contributed by atoms with van der Waals surface area (Å²) in [6.07, 6.45) is 0.599. The van der Waals surface area contributed by atoms with Crippen molar-refractivity contribution in [3.8, 4) is 5.75 Å². The number of amides is 2. The number of aromatic nitrogens is 1. The van der Waals surface area contributed by atoms with E-state index in [1.165, 1.54) is 21.7 Å². The van der Waals surface area contributed by atoms with Crippen LogP contribution >= 0.6 is 0 Å². The van der Waals surface area contributed by atoms with Crippen LogP contribution in [0.25, 0.3) is 0 Å². The minimum atomic E-state index is -1.01. The molecule has 32 heavy (non-hydrogen) atoms. The highest BCUT2D eigenvalue weighted by Crippen LogP contribution is 2.36. The minimum Gasteiger partial charge on any atom is -0.503 e. The topological polar surface area (TPSA) is 101 Å². The molecular formula is C22H23F2N3O5. The first-order valence-electron chi connectivity index (χ1n) is 10.1. The summed E-state index contributed by atoms with van der Waals surface area (Å²) in [6.45, 7) is 6.06. The number of carbonyl (C=O) groups excluding carboxylic acids is 2. The van der Waals surface area contributed by atoms with E-state index >= 15 is 0 Å². The van der Waals surface area contributed by atoms with Crippen LogP contribution in [0.5, 0.6) is 5.75 Å². The molecule has 2 atom stereocenters. The molecule has 1 unspecified atom stereocenters. The first kappa shape index (κ1) is 21.9. The number of ether oxygens (including phenoxy) is 1. The van der Waals surface area contributed by atoms with E-state index in [9.17, 15) is 28.3 Å². The average Bonchev–Trinajstić information content (AvgIpc) is 3.14. The van der Waals surface area contributed by atoms with Crippen LogP contribution in [0.15, 0.2) is 29.2 Å². The second-order valence-corrected chi connectivity index (χ2v) is 9.02. The molecular weight excluding hydrogens is 424 g/mol. The van der Waals surface area contributed by atoms with Crippen LogP contribution in [0.1, 0.15) is 47.2 Å². The lowest BCUT2D eigenvalue weighted by atomic mass is 9.86. The summed E-state index contributed by atoms with van der Waals surface area (Å²) in [6, 6.07) is 2.68. The SMILES string of the molecule is CC(C)(C)C1CO[C@@H]2Cn3cc(C(=O)NCc4ccc(F)cc4F)c(=O)c(O)c3C(=O)N12. The number of halogens is 2. The maximum atomic E-state index is 13.8. The van der Waals surface area contributed by atoms with Gasteiger partial charge in [0.25, 0.3) is 11.8 Å². The Hall–Kier alpha value is -3.27. The standard InChI is InChI=1S/C22H23F2N3O5/c1-22(2,3)15-10-32-16-9-26-8-13(18(28)19(29)17(26)21(31)27(15)16)20(30)25-7-11-4-5-12(23)6-14(11)24/h4-6,8,15-16,29H,7,9-10H2,1-3H3,(H,25,30)/t15?,16-/m1/s1. The van der Waals surface area contributed by atoms with E-state index in [2.05, 4.69) is 5.32 Å². The number of hydrogen-bond donors (Lipinski definition) is 2. The molecule has 1 saturated heterocycles. The molecule has 0 saturated carbocycles. The Balaban J connectivity index is 1.63. The lowest BCUT2D eigenvalue weighted by Crippen LogP contribution is -2.53. The zero-order chi connectivity index (χ0) is 23.4. The first-order chi connectivity index (χ1) is 15.0. The van der Waals surface area contributed by atoms with Crippen LogP contribution in [0.2, 0.25) is 0 Å². The Morgan fingerprint density at radius 2 is 2.00 bits per heavy atom. The van der Waals surface area contributed by atoms with Crippen molar-refractivity contribution in [2.45, 2.75) is 46.1 Å². The second-order valence-electron chi connectivity index (χ2n) is 9.02. The van der Waals surface area contributed by atoms with Gasteiger partial charge in [0.2, 0.25) is 5.43 Å². The molecule has 2 aliphatic rings. The number of nitrogens with zero attached hydrogens (tertiary/aromatic N) is 2. The van der Waals surface area contributed by atoms with E-state index < -0.39 is 46.4 Å². The van der Waals surface area contributed by atoms with Crippen molar-refractivity contribution in [3.63, 3.8) is 0 Å². The quantitative estimate of drug-likeness (QED) is 0.750. The fourth-order valence-electron chi connectivity index (χ4n) is 4.05. The Morgan fingerprint density at radius 3 is 2.66 bits per heavy atom. The maximum Gasteiger partial charge on any atom is 0.276 e. The Kier molecular flexibility index (Phi) is 5.28. The molecule has 4 rings (SSSR count). The molecule has 2 amide bonds. The molecule has 2 N–H and O–H groups in total. The number of fused-ring (bicyclic) bond motifs is 2. The van der Waals surface area contributed by atoms with Gasteiger partial charge in [-0.25, -0.2) is 8.78 Å². The van der Waals surface area contributed by atoms with Crippen molar-refractivity contribution < 1.29 is 28.2 Å². The summed E-state index contributed by atoms with van der Waals surface area (Å²) in [4.78, 5) is 39.9. The van der Waals surface area contributed by atoms with E-state index in [4.69, 9.17) is 4.74 Å². The number of hydrogen-bond acceptors (Lipinski definition) is 5. The van der Waals surface area contributed by atoms with E-state index in [1.807, 2.05) is 20.8 Å². The Morgan fingerprint density at radius 1 is 1.28 bits per heavy atom. The van der Waals surface area contributed by atoms with Gasteiger partial charge in [-0.1, -0.05) is 26.8 Å². The highest BCUT2D eigenvalue weighted by molar-refractivity contribution is 5.99. The molecule has 0 bridgehead atoms. The molecule has 0 aliphatic carbocycles. The summed E-state index contributed by atoms with van der Waals surface area (Å²) in [5, 5.41) is 12.9. The molecule has 1 aromatic heterocycles. The molecule has 0 radical (unpaired) electrons. The molecule has 8 nitrogen and oxygen atoms in total. The molecule has 10 heteroatoms. The molecule has 1 fully saturated rings. The number of benzene rings is 1. The zero-order valence-corrected chi connectivity index (χ0v) is 17.8. The number of carbonyl (C=O) groups is 2. The Labute approximate surface area is 182 Å². The second kappa shape index (κ2) is 7.70. The smallest absolute Gasteiger partial charge is 0.276 e. The Bertz CT molecular complexity index is 1170. The maximum absolute atomic E-state index is 13.8. The van der Waals surface area contributed by atoms with E-state index in [-0.39, 0.29) is 35.8 Å². The van der Waals surface area contributed by atoms with Crippen LogP contribution in [0.3, 0.4) is 0 Å². The lowest BCUT2D eigenvalue weighted by molar-refractivity contribution is 0.00148. The number of pyridine rings is 1. The third-order valence-electron chi connectivity index (χ3n) is 5.84. The molecule has 1 aromatic carbocycles. The first-order valence-corrected chi connectivity index (χ1v) is 10.1. The van der Waals surface area contributed by atoms with Crippen LogP contribution in [-0.2, 0) is 17.8 Å². The number of aromatic hydroxyl groups is 1. The summed E-state index contributed by atoms with van der Waals surface area (Å²) >= 11 is 0. The predicted octanol–water partition coefficient (Wildman–Crippen LogP) is 1.99. The number of nitrogens with one attached hydrogen (secondary N) is 1. The summed E-state index contributed by atoms with van der Waals surface area (Å²) in [7, 11) is 0. The van der Waals surface area contributed by atoms with E-state index in [0.29, 0.717) is 12.7 Å². The van der Waals surface area contributed by atoms with Gasteiger partial charge in [0, 0.05) is 24.4 Å². The third-order valence-corrected chi connectivity index (χ3v) is 5.84. The monoisotopic (exact) mass is 447 g/mol. The summed E-state index contributed by atoms with van der Waals surface area (Å²) in [5.41, 5.74) is -1.86. The van der Waals surface area contributed by atoms with Gasteiger partial charge >= 0.3 is 0 Å². The summed E-state index contributed by atoms with van der Waals surface area (Å²) in [5.74, 6) is -3.83. The largest absolute Gasteiger partial charge is 0.503 e. The predicted molar refractivity (Wildman–Crippen MR) is 109 cm³/mol. The molecule has 2 aliphatic heterocycles. The minimum absolute atomic E-state index is 0.0282. The van der Waals surface area contributed by atoms with E-state index in [1.54, 1.807) is 0 Å². The van der Waals surface area contributed by atoms with Gasteiger partial charge in [0.15, 0.2) is 17.7 Å². The van der Waals surface area contributed by atoms with Gasteiger partial charge in [-0.2, -0.15) is 0 Å². The zero-order valence-electron chi connectivity index (χ0n) is 17.8. The normalized spacial score (nSPS) is 20.2. The van der Waals surface area contributed by atoms with Crippen molar-refractivity contribution in [2.75, 3.05) is 6.61 Å². The highest BCUT2D eigenvalue weighted by Gasteiger charge is 2.48. The fourth-order valence-corrected chi connectivity index (χ4v) is 4.05. The van der Waals surface area contributed by atoms with Crippen molar-refractivity contribution in [1.82, 2.24) is 14.8 Å². The average molecular weight is 447 g/mol. The molecule has 2 aromatic rings. The van der Waals surface area contributed by atoms with Gasteiger partial charge in [0.05, 0.1) is 19.2 Å². The van der Waals surface area contributed by atoms with Crippen molar-refractivity contribution in [3.05, 3.63) is 63.1 Å². The summed E-state index contributed by atoms with van der Waals surface area (Å²) < 4.78 is 33.9. The van der Waals surface area contributed by atoms with Gasteiger partial charge in [-0.15, -0.1) is 0 Å². The van der Waals surface area contributed by atoms with Crippen molar-refractivity contribution in [2.24, 2.45) is 5.41 Å². The lowest BCUT2D eigenvalue weighted by Gasteiger charge is -2.39. The highest BCUT2D eigenvalue weighted by atomic mass is 19.1. The van der Waals surface area contributed by atoms with E-state index in [0.717, 1.165) is 6.07 Å². The molecule has 3 heterocycles. The van der Waals surface area contributed by atoms with Crippen LogP contribution in [0, 0.1) is 17.0 Å². The van der Waals surface area contributed by atoms with Gasteiger partial charge in [-0.3, -0.25) is 14.4 Å². The van der Waals surface area contributed by atoms with Gasteiger partial charge in [-0.05, 0) is 11.5 Å². The number of rotatable bonds is 3. The third kappa shape index (κ3) is 3.64. The fraction of sp³-hybridized carbons (Fsp3) is 0.409. The van der Waals surface area contributed by atoms with Crippen LogP contribution < -0.4 is 10.7 Å². The van der Waals surface area contributed by atoms with Crippen molar-refractivity contribution >= 4 is 11.8 Å². The van der Waals surface area contributed by atoms with Gasteiger partial charge in [0.1, 0.15) is 17.2 Å².